The van der Waals surface area contributed by atoms with Crippen molar-refractivity contribution in [1.29, 1.82) is 0 Å². The average Bonchev–Trinajstić information content (AvgIpc) is 3.33. The van der Waals surface area contributed by atoms with Crippen molar-refractivity contribution in [1.82, 2.24) is 25.0 Å². The number of hydrogen-bond acceptors (Lipinski definition) is 6. The van der Waals surface area contributed by atoms with Crippen LogP contribution in [0.3, 0.4) is 0 Å². The van der Waals surface area contributed by atoms with Crippen molar-refractivity contribution in [2.45, 2.75) is 31.5 Å². The second-order valence-corrected chi connectivity index (χ2v) is 7.14. The molecule has 0 aliphatic carbocycles. The molecule has 8 heteroatoms. The minimum atomic E-state index is -0.507. The summed E-state index contributed by atoms with van der Waals surface area (Å²) in [5, 5.41) is 10.7. The zero-order valence-electron chi connectivity index (χ0n) is 15.6. The van der Waals surface area contributed by atoms with Gasteiger partial charge in [-0.2, -0.15) is 10.1 Å². The lowest BCUT2D eigenvalue weighted by atomic mass is 10.2. The first-order valence-electron chi connectivity index (χ1n) is 9.52. The summed E-state index contributed by atoms with van der Waals surface area (Å²) >= 11 is 0. The van der Waals surface area contributed by atoms with E-state index in [1.54, 1.807) is 11.7 Å². The van der Waals surface area contributed by atoms with Gasteiger partial charge >= 0.3 is 0 Å². The maximum Gasteiger partial charge on any atom is 0.257 e. The summed E-state index contributed by atoms with van der Waals surface area (Å²) in [5.74, 6) is 1.03. The zero-order chi connectivity index (χ0) is 18.6. The molecule has 2 aliphatic rings. The van der Waals surface area contributed by atoms with Gasteiger partial charge in [0.1, 0.15) is 6.10 Å². The molecule has 1 aromatic heterocycles. The third-order valence-electron chi connectivity index (χ3n) is 5.08. The van der Waals surface area contributed by atoms with Gasteiger partial charge in [0.15, 0.2) is 5.82 Å². The fraction of sp³-hybridized carbons (Fsp3) is 0.526. The molecule has 1 aromatic carbocycles. The maximum absolute atomic E-state index is 12.7. The highest BCUT2D eigenvalue weighted by Crippen LogP contribution is 2.21. The van der Waals surface area contributed by atoms with Gasteiger partial charge < -0.3 is 10.1 Å². The number of aromatic nitrogens is 3. The Hall–Kier alpha value is -2.29. The first kappa shape index (κ1) is 18.1. The minimum absolute atomic E-state index is 0.172. The van der Waals surface area contributed by atoms with E-state index in [1.165, 1.54) is 5.56 Å². The number of benzene rings is 1. The molecule has 144 valence electrons. The van der Waals surface area contributed by atoms with Gasteiger partial charge in [-0.25, -0.2) is 4.68 Å². The van der Waals surface area contributed by atoms with E-state index in [0.717, 1.165) is 38.3 Å². The average molecular weight is 370 g/mol. The van der Waals surface area contributed by atoms with Crippen LogP contribution in [0.5, 0.6) is 0 Å². The van der Waals surface area contributed by atoms with Crippen LogP contribution in [0.4, 0.5) is 5.95 Å². The summed E-state index contributed by atoms with van der Waals surface area (Å²) in [4.78, 5) is 19.4. The molecule has 1 unspecified atom stereocenters. The highest BCUT2D eigenvalue weighted by atomic mass is 16.5. The van der Waals surface area contributed by atoms with Crippen LogP contribution in [0.2, 0.25) is 0 Å². The number of carbonyl (C=O) groups is 1. The Morgan fingerprint density at radius 2 is 2.22 bits per heavy atom. The van der Waals surface area contributed by atoms with Crippen LogP contribution < -0.4 is 10.6 Å². The predicted molar refractivity (Wildman–Crippen MR) is 101 cm³/mol. The van der Waals surface area contributed by atoms with Gasteiger partial charge in [0.2, 0.25) is 5.95 Å². The molecule has 0 spiro atoms. The summed E-state index contributed by atoms with van der Waals surface area (Å²) in [6.45, 7) is 3.73. The molecular weight excluding hydrogens is 344 g/mol. The molecule has 8 nitrogen and oxygen atoms in total. The standard InChI is InChI=1S/C19H26N6O2/c1-24-19(21-17(23-24)15-8-5-9-20-15)22-18(26)16-13-25(10-11-27-16)12-14-6-3-2-4-7-14/h2-4,6-7,15-16,20H,5,8-13H2,1H3,(H,21,22,23,26)/t15-,16?/m0/s1. The van der Waals surface area contributed by atoms with E-state index >= 15 is 0 Å². The van der Waals surface area contributed by atoms with Gasteiger partial charge in [-0.3, -0.25) is 15.0 Å². The topological polar surface area (TPSA) is 84.3 Å². The van der Waals surface area contributed by atoms with Crippen molar-refractivity contribution in [3.8, 4) is 0 Å². The van der Waals surface area contributed by atoms with Crippen LogP contribution >= 0.6 is 0 Å². The Bertz CT molecular complexity index is 772. The molecule has 0 radical (unpaired) electrons. The molecule has 0 bridgehead atoms. The zero-order valence-corrected chi connectivity index (χ0v) is 15.6. The molecule has 3 heterocycles. The Morgan fingerprint density at radius 3 is 3.00 bits per heavy atom. The van der Waals surface area contributed by atoms with Gasteiger partial charge in [-0.1, -0.05) is 30.3 Å². The van der Waals surface area contributed by atoms with Crippen molar-refractivity contribution in [3.05, 3.63) is 41.7 Å². The van der Waals surface area contributed by atoms with Crippen molar-refractivity contribution in [3.63, 3.8) is 0 Å². The first-order valence-corrected chi connectivity index (χ1v) is 9.52. The van der Waals surface area contributed by atoms with Crippen molar-refractivity contribution >= 4 is 11.9 Å². The number of ether oxygens (including phenoxy) is 1. The highest BCUT2D eigenvalue weighted by molar-refractivity contribution is 5.93. The molecule has 2 atom stereocenters. The molecule has 2 aromatic rings. The molecular formula is C19H26N6O2. The SMILES string of the molecule is Cn1nc([C@@H]2CCCN2)nc1NC(=O)C1CN(Cc2ccccc2)CCO1. The van der Waals surface area contributed by atoms with Crippen LogP contribution in [0.1, 0.15) is 30.3 Å². The van der Waals surface area contributed by atoms with Crippen LogP contribution in [0.25, 0.3) is 0 Å². The molecule has 27 heavy (non-hydrogen) atoms. The van der Waals surface area contributed by atoms with E-state index in [9.17, 15) is 4.79 Å². The fourth-order valence-electron chi connectivity index (χ4n) is 3.60. The molecule has 4 rings (SSSR count). The van der Waals surface area contributed by atoms with Crippen molar-refractivity contribution < 1.29 is 9.53 Å². The van der Waals surface area contributed by atoms with E-state index in [4.69, 9.17) is 4.74 Å². The van der Waals surface area contributed by atoms with E-state index in [2.05, 4.69) is 37.7 Å². The quantitative estimate of drug-likeness (QED) is 0.819. The second kappa shape index (κ2) is 8.16. The first-order chi connectivity index (χ1) is 13.2. The van der Waals surface area contributed by atoms with E-state index < -0.39 is 6.10 Å². The van der Waals surface area contributed by atoms with Crippen molar-refractivity contribution in [2.75, 3.05) is 31.6 Å². The highest BCUT2D eigenvalue weighted by Gasteiger charge is 2.28. The third-order valence-corrected chi connectivity index (χ3v) is 5.08. The van der Waals surface area contributed by atoms with Gasteiger partial charge in [-0.05, 0) is 24.9 Å². The minimum Gasteiger partial charge on any atom is -0.366 e. The number of aryl methyl sites for hydroxylation is 1. The van der Waals surface area contributed by atoms with E-state index in [-0.39, 0.29) is 11.9 Å². The van der Waals surface area contributed by atoms with E-state index in [1.807, 2.05) is 18.2 Å². The fourth-order valence-corrected chi connectivity index (χ4v) is 3.60. The van der Waals surface area contributed by atoms with Crippen LogP contribution in [-0.4, -0.2) is 57.9 Å². The number of nitrogens with zero attached hydrogens (tertiary/aromatic N) is 4. The lowest BCUT2D eigenvalue weighted by Crippen LogP contribution is -2.47. The number of amides is 1. The third kappa shape index (κ3) is 4.35. The summed E-state index contributed by atoms with van der Waals surface area (Å²) < 4.78 is 7.33. The summed E-state index contributed by atoms with van der Waals surface area (Å²) in [5.41, 5.74) is 1.24. The molecule has 2 fully saturated rings. The van der Waals surface area contributed by atoms with Crippen LogP contribution in [-0.2, 0) is 23.1 Å². The number of hydrogen-bond donors (Lipinski definition) is 2. The van der Waals surface area contributed by atoms with Crippen molar-refractivity contribution in [2.24, 2.45) is 7.05 Å². The number of rotatable bonds is 5. The predicted octanol–water partition coefficient (Wildman–Crippen LogP) is 1.08. The molecule has 0 saturated carbocycles. The molecule has 2 saturated heterocycles. The smallest absolute Gasteiger partial charge is 0.257 e. The van der Waals surface area contributed by atoms with Gasteiger partial charge in [0, 0.05) is 26.7 Å². The Kier molecular flexibility index (Phi) is 5.47. The Labute approximate surface area is 158 Å². The number of nitrogens with one attached hydrogen (secondary N) is 2. The number of anilines is 1. The Balaban J connectivity index is 1.36. The second-order valence-electron chi connectivity index (χ2n) is 7.14. The number of carbonyl (C=O) groups excluding carboxylic acids is 1. The monoisotopic (exact) mass is 370 g/mol. The molecule has 2 N–H and O–H groups in total. The van der Waals surface area contributed by atoms with Gasteiger partial charge in [-0.15, -0.1) is 0 Å². The summed E-state index contributed by atoms with van der Waals surface area (Å²) in [6, 6.07) is 10.4. The van der Waals surface area contributed by atoms with Crippen LogP contribution in [0.15, 0.2) is 30.3 Å². The maximum atomic E-state index is 12.7. The summed E-state index contributed by atoms with van der Waals surface area (Å²) in [6.07, 6.45) is 1.64. The normalized spacial score (nSPS) is 23.4. The van der Waals surface area contributed by atoms with Crippen LogP contribution in [0, 0.1) is 0 Å². The van der Waals surface area contributed by atoms with Gasteiger partial charge in [0.05, 0.1) is 12.6 Å². The van der Waals surface area contributed by atoms with E-state index in [0.29, 0.717) is 19.1 Å². The summed E-state index contributed by atoms with van der Waals surface area (Å²) in [7, 11) is 1.80. The Morgan fingerprint density at radius 1 is 1.37 bits per heavy atom. The lowest BCUT2D eigenvalue weighted by molar-refractivity contribution is -0.133. The lowest BCUT2D eigenvalue weighted by Gasteiger charge is -2.32. The number of morpholine rings is 1. The molecule has 2 aliphatic heterocycles. The largest absolute Gasteiger partial charge is 0.366 e. The molecule has 1 amide bonds. The van der Waals surface area contributed by atoms with Gasteiger partial charge in [0.25, 0.3) is 5.91 Å².